The maximum absolute atomic E-state index is 14.4. The second kappa shape index (κ2) is 14.5. The van der Waals surface area contributed by atoms with Crippen LogP contribution in [-0.4, -0.2) is 70.7 Å². The quantitative estimate of drug-likeness (QED) is 0.155. The molecule has 45 heavy (non-hydrogen) atoms. The summed E-state index contributed by atoms with van der Waals surface area (Å²) >= 11 is 0. The number of carbonyl (C=O) groups excluding carboxylic acids is 1. The van der Waals surface area contributed by atoms with Crippen molar-refractivity contribution >= 4 is 17.9 Å². The van der Waals surface area contributed by atoms with Gasteiger partial charge in [0.2, 0.25) is 0 Å². The highest BCUT2D eigenvalue weighted by Crippen LogP contribution is 2.37. The Bertz CT molecular complexity index is 1500. The molecule has 0 aliphatic carbocycles. The van der Waals surface area contributed by atoms with Crippen LogP contribution >= 0.6 is 0 Å². The third kappa shape index (κ3) is 7.36. The number of hydrogen-bond acceptors (Lipinski definition) is 8. The number of nitrogens with two attached hydrogens (primary N) is 1. The number of carbonyl (C=O) groups is 1. The lowest BCUT2D eigenvalue weighted by Gasteiger charge is -2.33. The summed E-state index contributed by atoms with van der Waals surface area (Å²) in [5.74, 6) is 0.469. The van der Waals surface area contributed by atoms with Gasteiger partial charge in [-0.1, -0.05) is 12.1 Å². The highest BCUT2D eigenvalue weighted by atomic mass is 19.3. The predicted molar refractivity (Wildman–Crippen MR) is 170 cm³/mol. The van der Waals surface area contributed by atoms with E-state index in [4.69, 9.17) is 15.2 Å². The van der Waals surface area contributed by atoms with E-state index < -0.39 is 18.4 Å². The number of rotatable bonds is 12. The monoisotopic (exact) mass is 623 g/mol. The largest absolute Gasteiger partial charge is 0.492 e. The number of nitrogens with zero attached hydrogens (tertiary/aromatic N) is 4. The van der Waals surface area contributed by atoms with E-state index in [1.807, 2.05) is 35.8 Å². The third-order valence-electron chi connectivity index (χ3n) is 9.01. The molecule has 0 radical (unpaired) electrons. The van der Waals surface area contributed by atoms with Crippen molar-refractivity contribution in [2.75, 3.05) is 38.6 Å². The van der Waals surface area contributed by atoms with Crippen molar-refractivity contribution < 1.29 is 28.2 Å². The number of aliphatic imine (C=N–C) groups is 1. The highest BCUT2D eigenvalue weighted by molar-refractivity contribution is 5.94. The number of imidazole rings is 1. The fourth-order valence-corrected chi connectivity index (χ4v) is 6.30. The van der Waals surface area contributed by atoms with E-state index in [0.717, 1.165) is 63.1 Å². The van der Waals surface area contributed by atoms with Crippen molar-refractivity contribution in [1.82, 2.24) is 14.5 Å². The molecule has 2 aromatic carbocycles. The summed E-state index contributed by atoms with van der Waals surface area (Å²) in [7, 11) is 0. The minimum Gasteiger partial charge on any atom is -0.492 e. The van der Waals surface area contributed by atoms with Gasteiger partial charge in [0, 0.05) is 41.8 Å². The van der Waals surface area contributed by atoms with Crippen molar-refractivity contribution in [2.24, 2.45) is 10.9 Å². The van der Waals surface area contributed by atoms with E-state index in [1.165, 1.54) is 12.3 Å². The number of aliphatic hydroxyl groups is 1. The average Bonchev–Trinajstić information content (AvgIpc) is 3.65. The van der Waals surface area contributed by atoms with E-state index >= 15 is 0 Å². The minimum atomic E-state index is -2.82. The maximum Gasteiger partial charge on any atom is 0.337 e. The highest BCUT2D eigenvalue weighted by Gasteiger charge is 2.30. The summed E-state index contributed by atoms with van der Waals surface area (Å²) in [6.07, 6.45) is 3.52. The summed E-state index contributed by atoms with van der Waals surface area (Å²) in [4.78, 5) is 24.1. The van der Waals surface area contributed by atoms with Crippen LogP contribution in [0.5, 0.6) is 5.75 Å². The number of piperidine rings is 1. The van der Waals surface area contributed by atoms with Gasteiger partial charge in [-0.25, -0.2) is 18.6 Å². The zero-order valence-corrected chi connectivity index (χ0v) is 26.2. The first-order chi connectivity index (χ1) is 21.7. The van der Waals surface area contributed by atoms with Crippen LogP contribution in [0.15, 0.2) is 41.7 Å². The second-order valence-corrected chi connectivity index (χ2v) is 11.9. The number of likely N-dealkylation sites (tertiary alicyclic amines) is 1. The van der Waals surface area contributed by atoms with Gasteiger partial charge in [0.05, 0.1) is 24.7 Å². The minimum absolute atomic E-state index is 0.0776. The number of benzene rings is 2. The molecule has 2 aliphatic heterocycles. The predicted octanol–water partition coefficient (Wildman–Crippen LogP) is 5.52. The lowest BCUT2D eigenvalue weighted by Crippen LogP contribution is -2.39. The van der Waals surface area contributed by atoms with Gasteiger partial charge in [-0.2, -0.15) is 0 Å². The molecule has 1 saturated heterocycles. The molecule has 3 aromatic rings. The molecule has 5 rings (SSSR count). The summed E-state index contributed by atoms with van der Waals surface area (Å²) in [6.45, 7) is 9.53. The number of alkyl halides is 2. The summed E-state index contributed by atoms with van der Waals surface area (Å²) in [6, 6.07) is 7.70. The van der Waals surface area contributed by atoms with Gasteiger partial charge in [0.1, 0.15) is 12.4 Å². The average molecular weight is 624 g/mol. The number of aryl methyl sites for hydroxylation is 1. The van der Waals surface area contributed by atoms with Gasteiger partial charge < -0.3 is 24.9 Å². The molecule has 3 heterocycles. The molecule has 242 valence electrons. The lowest BCUT2D eigenvalue weighted by atomic mass is 9.92. The van der Waals surface area contributed by atoms with Crippen molar-refractivity contribution in [3.8, 4) is 16.9 Å². The zero-order chi connectivity index (χ0) is 32.1. The topological polar surface area (TPSA) is 115 Å². The number of nitrogen functional groups attached to an aromatic ring is 1. The summed E-state index contributed by atoms with van der Waals surface area (Å²) in [5.41, 5.74) is 9.79. The van der Waals surface area contributed by atoms with Gasteiger partial charge in [0.15, 0.2) is 6.04 Å². The molecule has 0 bridgehead atoms. The Kier molecular flexibility index (Phi) is 10.5. The SMILES string of the molecule is CCOC(=O)C(N=Cc1c(C(F)F)cc(-c2ccc(OCCN3CCC(C(C)O)CC3)cc2)c(C)c1N)c1ncn2c1CCC2. The van der Waals surface area contributed by atoms with E-state index in [9.17, 15) is 18.7 Å². The summed E-state index contributed by atoms with van der Waals surface area (Å²) < 4.78 is 42.1. The second-order valence-electron chi connectivity index (χ2n) is 11.9. The third-order valence-corrected chi connectivity index (χ3v) is 9.01. The molecule has 3 N–H and O–H groups in total. The van der Waals surface area contributed by atoms with Gasteiger partial charge in [0.25, 0.3) is 6.43 Å². The normalized spacial score (nSPS) is 17.1. The molecule has 0 saturated carbocycles. The Morgan fingerprint density at radius 2 is 1.96 bits per heavy atom. The van der Waals surface area contributed by atoms with Gasteiger partial charge >= 0.3 is 5.97 Å². The molecule has 0 amide bonds. The van der Waals surface area contributed by atoms with E-state index in [1.54, 1.807) is 20.2 Å². The standard InChI is InChI=1S/C34H43F2N5O4/c1-4-44-34(43)32(31-29-6-5-13-41(29)20-39-31)38-19-28-27(33(35)36)18-26(21(2)30(28)37)24-7-9-25(10-8-24)45-17-16-40-14-11-23(12-15-40)22(3)42/h7-10,18-20,22-23,32-33,42H,4-6,11-17,37H2,1-3H3. The number of fused-ring (bicyclic) bond motifs is 1. The van der Waals surface area contributed by atoms with Gasteiger partial charge in [-0.15, -0.1) is 0 Å². The Morgan fingerprint density at radius 3 is 2.62 bits per heavy atom. The van der Waals surface area contributed by atoms with Crippen LogP contribution in [0.1, 0.15) is 73.7 Å². The van der Waals surface area contributed by atoms with Crippen LogP contribution in [0.4, 0.5) is 14.5 Å². The van der Waals surface area contributed by atoms with Crippen LogP contribution in [0.3, 0.4) is 0 Å². The molecule has 0 spiro atoms. The number of halogens is 2. The lowest BCUT2D eigenvalue weighted by molar-refractivity contribution is -0.144. The molecule has 1 fully saturated rings. The first-order valence-electron chi connectivity index (χ1n) is 15.8. The Hall–Kier alpha value is -3.83. The number of esters is 1. The van der Waals surface area contributed by atoms with Crippen molar-refractivity contribution in [1.29, 1.82) is 0 Å². The van der Waals surface area contributed by atoms with Crippen molar-refractivity contribution in [2.45, 2.75) is 71.6 Å². The van der Waals surface area contributed by atoms with Crippen molar-refractivity contribution in [3.05, 3.63) is 64.7 Å². The molecule has 1 aromatic heterocycles. The molecule has 2 aliphatic rings. The van der Waals surface area contributed by atoms with Crippen LogP contribution in [0.2, 0.25) is 0 Å². The number of ether oxygens (including phenoxy) is 2. The molecule has 9 nitrogen and oxygen atoms in total. The van der Waals surface area contributed by atoms with Crippen LogP contribution in [0, 0.1) is 12.8 Å². The molecule has 2 unspecified atom stereocenters. The first-order valence-corrected chi connectivity index (χ1v) is 15.8. The van der Waals surface area contributed by atoms with E-state index in [0.29, 0.717) is 35.1 Å². The fraction of sp³-hybridized carbons (Fsp3) is 0.500. The molecule has 2 atom stereocenters. The smallest absolute Gasteiger partial charge is 0.337 e. The number of anilines is 1. The first kappa shape index (κ1) is 32.6. The van der Waals surface area contributed by atoms with Gasteiger partial charge in [-0.3, -0.25) is 9.89 Å². The Balaban J connectivity index is 1.32. The van der Waals surface area contributed by atoms with Crippen LogP contribution in [0.25, 0.3) is 11.1 Å². The molecular formula is C34H43F2N5O4. The van der Waals surface area contributed by atoms with Crippen molar-refractivity contribution in [3.63, 3.8) is 0 Å². The molecule has 11 heteroatoms. The van der Waals surface area contributed by atoms with Crippen LogP contribution in [-0.2, 0) is 22.5 Å². The Labute approximate surface area is 263 Å². The van der Waals surface area contributed by atoms with E-state index in [-0.39, 0.29) is 29.5 Å². The van der Waals surface area contributed by atoms with Crippen LogP contribution < -0.4 is 10.5 Å². The number of aromatic nitrogens is 2. The number of aliphatic hydroxyl groups excluding tert-OH is 1. The maximum atomic E-state index is 14.4. The number of hydrogen-bond donors (Lipinski definition) is 2. The van der Waals surface area contributed by atoms with E-state index in [2.05, 4.69) is 14.9 Å². The summed E-state index contributed by atoms with van der Waals surface area (Å²) in [5, 5.41) is 9.81. The molecular weight excluding hydrogens is 580 g/mol. The fourth-order valence-electron chi connectivity index (χ4n) is 6.30. The Morgan fingerprint density at radius 1 is 1.22 bits per heavy atom. The zero-order valence-electron chi connectivity index (χ0n) is 26.2. The van der Waals surface area contributed by atoms with Gasteiger partial charge in [-0.05, 0) is 100 Å².